The van der Waals surface area contributed by atoms with Crippen LogP contribution in [0.2, 0.25) is 0 Å². The van der Waals surface area contributed by atoms with Gasteiger partial charge in [-0.15, -0.1) is 0 Å². The molecule has 0 fully saturated rings. The predicted molar refractivity (Wildman–Crippen MR) is 145 cm³/mol. The molecule has 0 aromatic heterocycles. The van der Waals surface area contributed by atoms with E-state index in [1.807, 2.05) is 58.9 Å². The highest BCUT2D eigenvalue weighted by Gasteiger charge is 2.31. The van der Waals surface area contributed by atoms with Crippen LogP contribution in [0, 0.1) is 18.8 Å². The fraction of sp³-hybridized carbons (Fsp3) is 0.233. The van der Waals surface area contributed by atoms with Gasteiger partial charge in [0.1, 0.15) is 0 Å². The number of carbonyl (C=O) groups excluding carboxylic acids is 1. The molecular weight excluding hydrogens is 461 g/mol. The second kappa shape index (κ2) is 15.8. The number of halogens is 3. The van der Waals surface area contributed by atoms with Crippen molar-refractivity contribution in [3.8, 4) is 11.8 Å². The maximum Gasteiger partial charge on any atom is 0.416 e. The molecule has 0 radical (unpaired) electrons. The molecule has 0 bridgehead atoms. The quantitative estimate of drug-likeness (QED) is 0.315. The Bertz CT molecular complexity index is 1160. The van der Waals surface area contributed by atoms with Gasteiger partial charge in [-0.2, -0.15) is 13.2 Å². The van der Waals surface area contributed by atoms with E-state index >= 15 is 0 Å². The summed E-state index contributed by atoms with van der Waals surface area (Å²) in [5.41, 5.74) is 8.88. The number of nitrogens with one attached hydrogen (secondary N) is 1. The summed E-state index contributed by atoms with van der Waals surface area (Å²) in [7, 11) is 0. The van der Waals surface area contributed by atoms with E-state index in [1.165, 1.54) is 13.0 Å². The molecule has 0 spiro atoms. The molecule has 36 heavy (non-hydrogen) atoms. The lowest BCUT2D eigenvalue weighted by atomic mass is 10.0. The van der Waals surface area contributed by atoms with Crippen LogP contribution in [0.25, 0.3) is 0 Å². The Morgan fingerprint density at radius 3 is 2.25 bits per heavy atom. The first-order valence-electron chi connectivity index (χ1n) is 11.2. The maximum absolute atomic E-state index is 12.9. The molecule has 192 valence electrons. The van der Waals surface area contributed by atoms with E-state index in [-0.39, 0.29) is 11.3 Å². The highest BCUT2D eigenvalue weighted by Crippen LogP contribution is 2.27. The molecule has 3 nitrogen and oxygen atoms in total. The van der Waals surface area contributed by atoms with Gasteiger partial charge in [0.05, 0.1) is 5.57 Å². The standard InChI is InChI=1S/C22H22F3NO.C8H13N/c1-6-8-20(22(23,24)25)13-17(5)26-21(27)19-12-10-16(4)18(14-19)11-9-15(3)7-2;1-4-5-6-8(9)7(2)3/h6-8,10,12-14H,5H2,1-4H3,(H,26,27);4-6H,2,9H2,1,3H3/b8-6-,15-7+,20-13+;5-4-,8-6+. The number of rotatable bonds is 6. The molecule has 3 N–H and O–H groups in total. The summed E-state index contributed by atoms with van der Waals surface area (Å²) in [5.74, 6) is 5.41. The normalized spacial score (nSPS) is 12.5. The van der Waals surface area contributed by atoms with Gasteiger partial charge in [0, 0.05) is 22.5 Å². The van der Waals surface area contributed by atoms with Crippen molar-refractivity contribution in [1.82, 2.24) is 5.32 Å². The van der Waals surface area contributed by atoms with Crippen molar-refractivity contribution in [3.05, 3.63) is 119 Å². The zero-order valence-electron chi connectivity index (χ0n) is 21.8. The molecule has 0 aliphatic carbocycles. The van der Waals surface area contributed by atoms with Crippen LogP contribution in [0.15, 0.2) is 102 Å². The van der Waals surface area contributed by atoms with Crippen LogP contribution >= 0.6 is 0 Å². The van der Waals surface area contributed by atoms with E-state index in [2.05, 4.69) is 30.3 Å². The molecule has 1 aromatic rings. The number of hydrogen-bond acceptors (Lipinski definition) is 2. The van der Waals surface area contributed by atoms with Crippen molar-refractivity contribution in [2.45, 2.75) is 47.7 Å². The average Bonchev–Trinajstić information content (AvgIpc) is 2.81. The minimum absolute atomic E-state index is 0.150. The lowest BCUT2D eigenvalue weighted by Gasteiger charge is -2.10. The summed E-state index contributed by atoms with van der Waals surface area (Å²) in [6.45, 7) is 18.1. The van der Waals surface area contributed by atoms with E-state index in [0.717, 1.165) is 34.6 Å². The summed E-state index contributed by atoms with van der Waals surface area (Å²) in [5, 5.41) is 2.38. The largest absolute Gasteiger partial charge is 0.416 e. The molecule has 0 atom stereocenters. The molecule has 0 aliphatic rings. The van der Waals surface area contributed by atoms with Crippen LogP contribution < -0.4 is 11.1 Å². The zero-order chi connectivity index (χ0) is 27.9. The molecule has 0 heterocycles. The zero-order valence-corrected chi connectivity index (χ0v) is 21.8. The van der Waals surface area contributed by atoms with Crippen LogP contribution in [-0.2, 0) is 0 Å². The topological polar surface area (TPSA) is 55.1 Å². The minimum Gasteiger partial charge on any atom is -0.399 e. The highest BCUT2D eigenvalue weighted by molar-refractivity contribution is 5.96. The van der Waals surface area contributed by atoms with Gasteiger partial charge in [-0.1, -0.05) is 61.4 Å². The monoisotopic (exact) mass is 496 g/mol. The summed E-state index contributed by atoms with van der Waals surface area (Å²) in [6.07, 6.45) is 5.98. The van der Waals surface area contributed by atoms with Crippen LogP contribution in [0.5, 0.6) is 0 Å². The van der Waals surface area contributed by atoms with Crippen molar-refractivity contribution in [1.29, 1.82) is 0 Å². The third kappa shape index (κ3) is 12.5. The molecule has 1 aromatic carbocycles. The van der Waals surface area contributed by atoms with Crippen LogP contribution in [0.1, 0.15) is 56.1 Å². The molecule has 0 saturated heterocycles. The SMILES string of the molecule is C=C(/C=C(\C=C/C)C(F)(F)F)NC(=O)c1ccc(C)c(C#C/C(C)=C/C)c1.C=C(C)/C(N)=C\C=C/C. The third-order valence-corrected chi connectivity index (χ3v) is 4.57. The predicted octanol–water partition coefficient (Wildman–Crippen LogP) is 7.60. The summed E-state index contributed by atoms with van der Waals surface area (Å²) in [6, 6.07) is 4.93. The van der Waals surface area contributed by atoms with E-state index in [0.29, 0.717) is 5.56 Å². The second-order valence-electron chi connectivity index (χ2n) is 7.76. The lowest BCUT2D eigenvalue weighted by molar-refractivity contribution is -0.0882. The first kappa shape index (κ1) is 32.0. The highest BCUT2D eigenvalue weighted by atomic mass is 19.4. The number of amides is 1. The van der Waals surface area contributed by atoms with Crippen LogP contribution in [0.4, 0.5) is 13.2 Å². The Hall–Kier alpha value is -3.98. The fourth-order valence-corrected chi connectivity index (χ4v) is 2.32. The van der Waals surface area contributed by atoms with Crippen LogP contribution in [-0.4, -0.2) is 12.1 Å². The molecule has 0 aliphatic heterocycles. The Morgan fingerprint density at radius 1 is 1.11 bits per heavy atom. The third-order valence-electron chi connectivity index (χ3n) is 4.57. The van der Waals surface area contributed by atoms with Crippen molar-refractivity contribution in [3.63, 3.8) is 0 Å². The van der Waals surface area contributed by atoms with Gasteiger partial charge in [-0.3, -0.25) is 4.79 Å². The minimum atomic E-state index is -4.53. The number of aryl methyl sites for hydroxylation is 1. The average molecular weight is 497 g/mol. The maximum atomic E-state index is 12.9. The molecule has 0 unspecified atom stereocenters. The van der Waals surface area contributed by atoms with Gasteiger partial charge in [-0.25, -0.2) is 0 Å². The van der Waals surface area contributed by atoms with E-state index in [4.69, 9.17) is 5.73 Å². The Morgan fingerprint density at radius 2 is 1.75 bits per heavy atom. The van der Waals surface area contributed by atoms with Crippen molar-refractivity contribution in [2.24, 2.45) is 5.73 Å². The number of nitrogens with two attached hydrogens (primary N) is 1. The summed E-state index contributed by atoms with van der Waals surface area (Å²) >= 11 is 0. The summed E-state index contributed by atoms with van der Waals surface area (Å²) < 4.78 is 38.7. The molecule has 6 heteroatoms. The van der Waals surface area contributed by atoms with E-state index < -0.39 is 17.7 Å². The van der Waals surface area contributed by atoms with Gasteiger partial charge < -0.3 is 11.1 Å². The second-order valence-corrected chi connectivity index (χ2v) is 7.76. The van der Waals surface area contributed by atoms with Gasteiger partial charge in [0.15, 0.2) is 0 Å². The Balaban J connectivity index is 0.00000115. The van der Waals surface area contributed by atoms with Crippen LogP contribution in [0.3, 0.4) is 0 Å². The molecule has 1 amide bonds. The number of allylic oxidation sites excluding steroid dienone is 10. The number of carbonyl (C=O) groups is 1. The van der Waals surface area contributed by atoms with Gasteiger partial charge in [0.2, 0.25) is 0 Å². The van der Waals surface area contributed by atoms with Gasteiger partial charge in [-0.05, 0) is 82.5 Å². The first-order chi connectivity index (χ1) is 16.8. The van der Waals surface area contributed by atoms with Gasteiger partial charge >= 0.3 is 6.18 Å². The number of benzene rings is 1. The van der Waals surface area contributed by atoms with Crippen molar-refractivity contribution >= 4 is 5.91 Å². The smallest absolute Gasteiger partial charge is 0.399 e. The van der Waals surface area contributed by atoms with Gasteiger partial charge in [0.25, 0.3) is 5.91 Å². The number of hydrogen-bond donors (Lipinski definition) is 2. The molecule has 0 saturated carbocycles. The van der Waals surface area contributed by atoms with Crippen molar-refractivity contribution in [2.75, 3.05) is 0 Å². The van der Waals surface area contributed by atoms with E-state index in [1.54, 1.807) is 18.2 Å². The Kier molecular flexibility index (Phi) is 14.1. The van der Waals surface area contributed by atoms with E-state index in [9.17, 15) is 18.0 Å². The molecular formula is C30H35F3N2O. The fourth-order valence-electron chi connectivity index (χ4n) is 2.32. The number of alkyl halides is 3. The lowest BCUT2D eigenvalue weighted by Crippen LogP contribution is -2.22. The van der Waals surface area contributed by atoms with Crippen molar-refractivity contribution < 1.29 is 18.0 Å². The first-order valence-corrected chi connectivity index (χ1v) is 11.2. The Labute approximate surface area is 213 Å². The molecule has 1 rings (SSSR count). The summed E-state index contributed by atoms with van der Waals surface area (Å²) in [4.78, 5) is 12.3.